The normalized spacial score (nSPS) is 14.4. The van der Waals surface area contributed by atoms with Crippen molar-refractivity contribution in [3.63, 3.8) is 0 Å². The summed E-state index contributed by atoms with van der Waals surface area (Å²) in [4.78, 5) is 16.3. The fourth-order valence-corrected chi connectivity index (χ4v) is 3.48. The third-order valence-corrected chi connectivity index (χ3v) is 4.99. The number of nitrogens with zero attached hydrogens (tertiary/aromatic N) is 6. The summed E-state index contributed by atoms with van der Waals surface area (Å²) in [5.74, 6) is 2.08. The third kappa shape index (κ3) is 3.40. The Bertz CT molecular complexity index is 1110. The van der Waals surface area contributed by atoms with Crippen molar-refractivity contribution in [2.24, 2.45) is 0 Å². The Morgan fingerprint density at radius 2 is 1.97 bits per heavy atom. The van der Waals surface area contributed by atoms with Gasteiger partial charge in [-0.1, -0.05) is 30.3 Å². The molecule has 29 heavy (non-hydrogen) atoms. The molecule has 3 aromatic heterocycles. The highest BCUT2D eigenvalue weighted by atomic mass is 16.5. The standard InChI is InChI=1S/C20H22N8O/c1-2-27-13-21-17-18(27)23-20(24-19(17)28-8-10-29-11-9-28)22-16-12-15(25-26-16)14-6-4-3-5-7-14/h3-7,12-13H,2,8-11H2,1H3,(H2,22,23,24,25,26). The smallest absolute Gasteiger partial charge is 0.232 e. The number of H-pyrrole nitrogens is 1. The van der Waals surface area contributed by atoms with Crippen molar-refractivity contribution < 1.29 is 4.74 Å². The van der Waals surface area contributed by atoms with Gasteiger partial charge < -0.3 is 19.5 Å². The van der Waals surface area contributed by atoms with Gasteiger partial charge in [0.25, 0.3) is 0 Å². The van der Waals surface area contributed by atoms with E-state index < -0.39 is 0 Å². The van der Waals surface area contributed by atoms with Gasteiger partial charge in [0.2, 0.25) is 5.95 Å². The molecule has 0 saturated carbocycles. The van der Waals surface area contributed by atoms with Gasteiger partial charge >= 0.3 is 0 Å². The lowest BCUT2D eigenvalue weighted by atomic mass is 10.2. The second-order valence-electron chi connectivity index (χ2n) is 6.83. The van der Waals surface area contributed by atoms with E-state index in [4.69, 9.17) is 14.7 Å². The minimum Gasteiger partial charge on any atom is -0.378 e. The van der Waals surface area contributed by atoms with Crippen LogP contribution in [0.3, 0.4) is 0 Å². The second-order valence-corrected chi connectivity index (χ2v) is 6.83. The van der Waals surface area contributed by atoms with Gasteiger partial charge in [-0.15, -0.1) is 0 Å². The molecule has 1 saturated heterocycles. The van der Waals surface area contributed by atoms with Crippen molar-refractivity contribution in [3.05, 3.63) is 42.7 Å². The predicted octanol–water partition coefficient (Wildman–Crippen LogP) is 2.82. The van der Waals surface area contributed by atoms with Crippen LogP contribution in [0.2, 0.25) is 0 Å². The average molecular weight is 390 g/mol. The first kappa shape index (κ1) is 17.6. The number of aromatic amines is 1. The van der Waals surface area contributed by atoms with Gasteiger partial charge in [-0.2, -0.15) is 15.1 Å². The fraction of sp³-hybridized carbons (Fsp3) is 0.300. The molecule has 9 nitrogen and oxygen atoms in total. The van der Waals surface area contributed by atoms with Crippen LogP contribution in [-0.2, 0) is 11.3 Å². The van der Waals surface area contributed by atoms with Crippen LogP contribution in [0.4, 0.5) is 17.6 Å². The summed E-state index contributed by atoms with van der Waals surface area (Å²) in [6.45, 7) is 5.80. The summed E-state index contributed by atoms with van der Waals surface area (Å²) in [7, 11) is 0. The fourth-order valence-electron chi connectivity index (χ4n) is 3.48. The van der Waals surface area contributed by atoms with E-state index in [9.17, 15) is 0 Å². The monoisotopic (exact) mass is 390 g/mol. The van der Waals surface area contributed by atoms with Crippen molar-refractivity contribution in [3.8, 4) is 11.3 Å². The zero-order valence-electron chi connectivity index (χ0n) is 16.2. The topological polar surface area (TPSA) is 96.8 Å². The maximum Gasteiger partial charge on any atom is 0.232 e. The Hall–Kier alpha value is -3.46. The number of morpholine rings is 1. The largest absolute Gasteiger partial charge is 0.378 e. The van der Waals surface area contributed by atoms with E-state index >= 15 is 0 Å². The summed E-state index contributed by atoms with van der Waals surface area (Å²) >= 11 is 0. The molecule has 4 heterocycles. The number of nitrogens with one attached hydrogen (secondary N) is 2. The summed E-state index contributed by atoms with van der Waals surface area (Å²) in [6, 6.07) is 12.0. The van der Waals surface area contributed by atoms with Crippen LogP contribution >= 0.6 is 0 Å². The first-order chi connectivity index (χ1) is 14.3. The molecular weight excluding hydrogens is 368 g/mol. The Labute approximate surface area is 167 Å². The third-order valence-electron chi connectivity index (χ3n) is 4.99. The van der Waals surface area contributed by atoms with E-state index in [0.717, 1.165) is 53.7 Å². The van der Waals surface area contributed by atoms with Crippen molar-refractivity contribution in [1.82, 2.24) is 29.7 Å². The lowest BCUT2D eigenvalue weighted by Gasteiger charge is -2.28. The van der Waals surface area contributed by atoms with Crippen molar-refractivity contribution >= 4 is 28.7 Å². The summed E-state index contributed by atoms with van der Waals surface area (Å²) in [6.07, 6.45) is 1.82. The molecule has 1 fully saturated rings. The molecule has 0 unspecified atom stereocenters. The van der Waals surface area contributed by atoms with Gasteiger partial charge in [-0.25, -0.2) is 4.98 Å². The number of fused-ring (bicyclic) bond motifs is 1. The first-order valence-corrected chi connectivity index (χ1v) is 9.75. The Morgan fingerprint density at radius 3 is 2.76 bits per heavy atom. The maximum absolute atomic E-state index is 5.49. The molecule has 0 bridgehead atoms. The SMILES string of the molecule is CCn1cnc2c(N3CCOCC3)nc(Nc3cc(-c4ccccc4)n[nH]3)nc21. The number of anilines is 3. The average Bonchev–Trinajstić information content (AvgIpc) is 3.41. The van der Waals surface area contributed by atoms with Crippen LogP contribution in [-0.4, -0.2) is 56.0 Å². The van der Waals surface area contributed by atoms with E-state index in [1.807, 2.05) is 47.3 Å². The van der Waals surface area contributed by atoms with E-state index in [1.54, 1.807) is 0 Å². The van der Waals surface area contributed by atoms with Gasteiger partial charge in [0, 0.05) is 31.3 Å². The number of ether oxygens (including phenoxy) is 1. The molecule has 1 aliphatic heterocycles. The second kappa shape index (κ2) is 7.51. The number of rotatable bonds is 5. The molecule has 1 aliphatic rings. The first-order valence-electron chi connectivity index (χ1n) is 9.75. The Kier molecular flexibility index (Phi) is 4.57. The zero-order chi connectivity index (χ0) is 19.6. The Balaban J connectivity index is 1.50. The maximum atomic E-state index is 5.49. The van der Waals surface area contributed by atoms with Crippen LogP contribution in [0.25, 0.3) is 22.4 Å². The van der Waals surface area contributed by atoms with Gasteiger partial charge in [0.1, 0.15) is 5.82 Å². The molecular formula is C20H22N8O. The molecule has 0 spiro atoms. The molecule has 0 atom stereocenters. The van der Waals surface area contributed by atoms with E-state index in [2.05, 4.69) is 32.3 Å². The molecule has 0 radical (unpaired) electrons. The lowest BCUT2D eigenvalue weighted by molar-refractivity contribution is 0.122. The minimum atomic E-state index is 0.512. The molecule has 2 N–H and O–H groups in total. The highest BCUT2D eigenvalue weighted by Crippen LogP contribution is 2.27. The van der Waals surface area contributed by atoms with Crippen LogP contribution in [0, 0.1) is 0 Å². The highest BCUT2D eigenvalue weighted by Gasteiger charge is 2.20. The number of hydrogen-bond acceptors (Lipinski definition) is 7. The van der Waals surface area contributed by atoms with Gasteiger partial charge in [-0.05, 0) is 6.92 Å². The van der Waals surface area contributed by atoms with Gasteiger partial charge in [0.05, 0.1) is 25.2 Å². The van der Waals surface area contributed by atoms with Gasteiger partial charge in [0.15, 0.2) is 17.0 Å². The quantitative estimate of drug-likeness (QED) is 0.541. The van der Waals surface area contributed by atoms with Crippen LogP contribution in [0.5, 0.6) is 0 Å². The van der Waals surface area contributed by atoms with Crippen molar-refractivity contribution in [2.45, 2.75) is 13.5 Å². The molecule has 1 aromatic carbocycles. The van der Waals surface area contributed by atoms with Gasteiger partial charge in [-0.3, -0.25) is 5.10 Å². The van der Waals surface area contributed by atoms with Crippen LogP contribution in [0.1, 0.15) is 6.92 Å². The number of imidazole rings is 1. The van der Waals surface area contributed by atoms with E-state index in [1.165, 1.54) is 0 Å². The number of aromatic nitrogens is 6. The number of benzene rings is 1. The lowest BCUT2D eigenvalue weighted by Crippen LogP contribution is -2.37. The zero-order valence-corrected chi connectivity index (χ0v) is 16.2. The highest BCUT2D eigenvalue weighted by molar-refractivity contribution is 5.85. The summed E-state index contributed by atoms with van der Waals surface area (Å²) < 4.78 is 7.51. The van der Waals surface area contributed by atoms with Crippen molar-refractivity contribution in [1.29, 1.82) is 0 Å². The molecule has 0 aliphatic carbocycles. The van der Waals surface area contributed by atoms with Crippen LogP contribution < -0.4 is 10.2 Å². The minimum absolute atomic E-state index is 0.512. The molecule has 9 heteroatoms. The van der Waals surface area contributed by atoms with E-state index in [-0.39, 0.29) is 0 Å². The van der Waals surface area contributed by atoms with Crippen molar-refractivity contribution in [2.75, 3.05) is 36.5 Å². The summed E-state index contributed by atoms with van der Waals surface area (Å²) in [5.41, 5.74) is 3.54. The Morgan fingerprint density at radius 1 is 1.14 bits per heavy atom. The molecule has 0 amide bonds. The number of hydrogen-bond donors (Lipinski definition) is 2. The predicted molar refractivity (Wildman–Crippen MR) is 111 cm³/mol. The summed E-state index contributed by atoms with van der Waals surface area (Å²) in [5, 5.41) is 10.7. The van der Waals surface area contributed by atoms with Crippen LogP contribution in [0.15, 0.2) is 42.7 Å². The van der Waals surface area contributed by atoms with E-state index in [0.29, 0.717) is 19.2 Å². The molecule has 4 aromatic rings. The number of aryl methyl sites for hydroxylation is 1. The molecule has 148 valence electrons. The molecule has 5 rings (SSSR count).